The molecule has 1 saturated heterocycles. The van der Waals surface area contributed by atoms with E-state index in [-0.39, 0.29) is 178 Å². The second-order valence-corrected chi connectivity index (χ2v) is 31.6. The fraction of sp³-hybridized carbons (Fsp3) is 0.679. The molecule has 11 amide bonds. The highest BCUT2D eigenvalue weighted by atomic mass is 32.2. The Morgan fingerprint density at radius 1 is 0.517 bits per heavy atom. The number of carbonyl (C=O) groups excluding carboxylic acids is 11. The Hall–Kier alpha value is -9.43. The van der Waals surface area contributed by atoms with Gasteiger partial charge in [-0.15, -0.1) is 0 Å². The van der Waals surface area contributed by atoms with E-state index >= 15 is 0 Å². The van der Waals surface area contributed by atoms with Gasteiger partial charge in [-0.2, -0.15) is 0 Å². The molecule has 1 aliphatic heterocycles. The Labute approximate surface area is 692 Å². The zero-order valence-corrected chi connectivity index (χ0v) is 70.3. The van der Waals surface area contributed by atoms with Crippen molar-refractivity contribution in [1.29, 1.82) is 0 Å². The van der Waals surface area contributed by atoms with Gasteiger partial charge in [0.25, 0.3) is 0 Å². The Morgan fingerprint density at radius 2 is 1.03 bits per heavy atom. The number of likely N-dealkylation sites (N-methyl/N-ethyl adjacent to an activating group) is 1. The van der Waals surface area contributed by atoms with Gasteiger partial charge in [0.1, 0.15) is 61.0 Å². The predicted octanol–water partition coefficient (Wildman–Crippen LogP) is 4.24. The highest BCUT2D eigenvalue weighted by Crippen LogP contribution is 2.27. The van der Waals surface area contributed by atoms with Crippen LogP contribution in [0.3, 0.4) is 0 Å². The average molecular weight is 1690 g/mol. The molecule has 1 fully saturated rings. The van der Waals surface area contributed by atoms with Gasteiger partial charge in [-0.05, 0) is 119 Å². The van der Waals surface area contributed by atoms with E-state index in [1.165, 1.54) is 43.1 Å². The second kappa shape index (κ2) is 59.3. The number of benzene rings is 2. The van der Waals surface area contributed by atoms with E-state index in [0.717, 1.165) is 70.6 Å². The van der Waals surface area contributed by atoms with Crippen molar-refractivity contribution in [3.8, 4) is 11.5 Å². The normalized spacial score (nSPS) is 14.4. The lowest BCUT2D eigenvalue weighted by atomic mass is 9.94. The number of aliphatic carboxylic acids is 3. The van der Waals surface area contributed by atoms with Crippen molar-refractivity contribution < 1.29 is 115 Å². The summed E-state index contributed by atoms with van der Waals surface area (Å²) in [5, 5.41) is 48.8. The van der Waals surface area contributed by atoms with Crippen LogP contribution in [-0.2, 0) is 96.1 Å². The monoisotopic (exact) mass is 1690 g/mol. The smallest absolute Gasteiger partial charge is 0.326 e. The molecule has 1 heterocycles. The van der Waals surface area contributed by atoms with Crippen molar-refractivity contribution in [3.63, 3.8) is 0 Å². The number of carbonyl (C=O) groups is 14. The molecule has 664 valence electrons. The van der Waals surface area contributed by atoms with Crippen LogP contribution in [0.4, 0.5) is 0 Å². The largest absolute Gasteiger partial charge is 0.481 e. The number of hydrogen-bond acceptors (Lipinski definition) is 21. The van der Waals surface area contributed by atoms with Crippen LogP contribution < -0.4 is 57.7 Å². The van der Waals surface area contributed by atoms with Crippen molar-refractivity contribution in [1.82, 2.24) is 57.1 Å². The fourth-order valence-corrected chi connectivity index (χ4v) is 13.9. The van der Waals surface area contributed by atoms with Crippen molar-refractivity contribution in [2.45, 2.75) is 255 Å². The molecule has 0 unspecified atom stereocenters. The molecule has 8 atom stereocenters. The van der Waals surface area contributed by atoms with E-state index < -0.39 is 130 Å². The molecule has 0 aromatic heterocycles. The Balaban J connectivity index is 1.42. The number of sulfonamides is 1. The number of carboxylic acids is 3. The van der Waals surface area contributed by atoms with E-state index in [2.05, 4.69) is 47.3 Å². The molecule has 118 heavy (non-hydrogen) atoms. The van der Waals surface area contributed by atoms with Gasteiger partial charge in [-0.25, -0.2) is 17.9 Å². The fourth-order valence-electron chi connectivity index (χ4n) is 12.9. The van der Waals surface area contributed by atoms with Crippen LogP contribution in [0.1, 0.15) is 208 Å². The number of carboxylic acid groups (broad SMARTS) is 3. The minimum absolute atomic E-state index is 0.0174. The molecule has 37 heteroatoms. The first-order valence-corrected chi connectivity index (χ1v) is 42.8. The number of amides is 11. The summed E-state index contributed by atoms with van der Waals surface area (Å²) in [6, 6.07) is 6.04. The third-order valence-electron chi connectivity index (χ3n) is 19.4. The minimum Gasteiger partial charge on any atom is -0.481 e. The number of ether oxygens (including phenoxy) is 5. The van der Waals surface area contributed by atoms with Gasteiger partial charge in [0.2, 0.25) is 75.0 Å². The van der Waals surface area contributed by atoms with Gasteiger partial charge in [0, 0.05) is 77.9 Å². The van der Waals surface area contributed by atoms with Crippen molar-refractivity contribution in [2.75, 3.05) is 92.6 Å². The molecule has 0 spiro atoms. The Kier molecular flexibility index (Phi) is 51.6. The van der Waals surface area contributed by atoms with E-state index in [0.29, 0.717) is 43.7 Å². The van der Waals surface area contributed by atoms with Gasteiger partial charge < -0.3 is 97.1 Å². The number of likely N-dealkylation sites (tertiary alicyclic amines) is 1. The van der Waals surface area contributed by atoms with Crippen LogP contribution in [0.2, 0.25) is 0 Å². The molecule has 0 aliphatic carbocycles. The first-order valence-electron chi connectivity index (χ1n) is 41.3. The Morgan fingerprint density at radius 3 is 1.58 bits per heavy atom. The summed E-state index contributed by atoms with van der Waals surface area (Å²) >= 11 is 0. The van der Waals surface area contributed by atoms with E-state index in [9.17, 15) is 85.8 Å². The van der Waals surface area contributed by atoms with Crippen LogP contribution >= 0.6 is 0 Å². The number of primary amides is 1. The van der Waals surface area contributed by atoms with Gasteiger partial charge in [0.05, 0.1) is 51.0 Å². The standard InChI is InChI=1S/C81H130N12O24S/c1-7-57(4)75(80(108)93-44-26-27-59(93)52-67(82)94)92(6)79(107)66(51-56(2)3)91-76(104)58(5)87-78(106)65(53-74(102)103)90-77(105)63(88-70(97)32-25-41-86-118(111,112)62-36-34-61(35-37-62)117-60-28-19-18-20-29-60)30-23-24-40-83-71(98)54-115-49-48-114-46-43-85-72(99)55-116-50-47-113-45-42-84-68(95)39-38-64(81(109)110)89-69(96)31-21-16-14-12-10-8-9-11-13-15-17-22-33-73(100)101/h18-20,28-29,34-37,56-59,63-66,75,86H,7-17,21-27,30-33,38-55H2,1-6H3,(H2,82,94)(H,83,98)(H,84,95)(H,85,99)(H,87,106)(H,88,97)(H,89,96)(H,90,105)(H,91,104)(H,100,101)(H,102,103)(H,109,110)/t57-,58-,59-,63-,64+,65-,66-,75-/m0/s1. The molecule has 0 bridgehead atoms. The lowest BCUT2D eigenvalue weighted by molar-refractivity contribution is -0.149. The zero-order chi connectivity index (χ0) is 87.2. The summed E-state index contributed by atoms with van der Waals surface area (Å²) in [6.45, 7) is 9.02. The molecule has 36 nitrogen and oxygen atoms in total. The molecule has 14 N–H and O–H groups in total. The summed E-state index contributed by atoms with van der Waals surface area (Å²) in [7, 11) is -2.59. The maximum atomic E-state index is 14.4. The van der Waals surface area contributed by atoms with Crippen LogP contribution in [0.5, 0.6) is 11.5 Å². The number of hydrogen-bond donors (Lipinski definition) is 13. The molecule has 2 aromatic rings. The maximum absolute atomic E-state index is 14.4. The number of para-hydroxylation sites is 1. The van der Waals surface area contributed by atoms with Crippen LogP contribution in [0.25, 0.3) is 0 Å². The molecular weight excluding hydrogens is 1560 g/mol. The van der Waals surface area contributed by atoms with Gasteiger partial charge >= 0.3 is 17.9 Å². The predicted molar refractivity (Wildman–Crippen MR) is 434 cm³/mol. The number of nitrogens with two attached hydrogens (primary N) is 1. The number of nitrogens with one attached hydrogen (secondary N) is 9. The van der Waals surface area contributed by atoms with Crippen LogP contribution in [-0.4, -0.2) is 251 Å². The first-order chi connectivity index (χ1) is 56.3. The summed E-state index contributed by atoms with van der Waals surface area (Å²) in [5.74, 6) is -9.99. The van der Waals surface area contributed by atoms with Crippen molar-refractivity contribution >= 4 is 92.9 Å². The summed E-state index contributed by atoms with van der Waals surface area (Å²) < 4.78 is 56.2. The number of nitrogens with zero attached hydrogens (tertiary/aromatic N) is 2. The number of rotatable bonds is 67. The van der Waals surface area contributed by atoms with Crippen LogP contribution in [0.15, 0.2) is 59.5 Å². The average Bonchev–Trinajstić information content (AvgIpc) is 1.47. The maximum Gasteiger partial charge on any atom is 0.326 e. The number of unbranched alkanes of at least 4 members (excludes halogenated alkanes) is 12. The SMILES string of the molecule is CC[C@H](C)[C@@H](C(=O)N1CCC[C@H]1CC(N)=O)N(C)C(=O)[C@H](CC(C)C)NC(=O)[C@H](C)NC(=O)[C@H](CC(=O)O)NC(=O)[C@H](CCCCNC(=O)COCCOCCNC(=O)COCCOCCNC(=O)CC[C@@H](NC(=O)CCCCCCCCCCCCCCC(=O)O)C(=O)O)NC(=O)CCCNS(=O)(=O)c1ccc(Oc2ccccc2)cc1. The summed E-state index contributed by atoms with van der Waals surface area (Å²) in [5.41, 5.74) is 5.51. The molecule has 3 rings (SSSR count). The third kappa shape index (κ3) is 44.9. The second-order valence-electron chi connectivity index (χ2n) is 29.9. The first kappa shape index (κ1) is 103. The third-order valence-corrected chi connectivity index (χ3v) is 20.9. The van der Waals surface area contributed by atoms with Crippen molar-refractivity contribution in [2.24, 2.45) is 17.6 Å². The molecule has 1 aliphatic rings. The summed E-state index contributed by atoms with van der Waals surface area (Å²) in [6.07, 6.45) is 12.9. The van der Waals surface area contributed by atoms with Crippen molar-refractivity contribution in [3.05, 3.63) is 54.6 Å². The van der Waals surface area contributed by atoms with E-state index in [1.54, 1.807) is 29.2 Å². The molecular formula is C81H130N12O24S. The topological polar surface area (TPSA) is 521 Å². The summed E-state index contributed by atoms with van der Waals surface area (Å²) in [4.78, 5) is 183. The lowest BCUT2D eigenvalue weighted by Crippen LogP contribution is -2.60. The molecule has 0 radical (unpaired) electrons. The lowest BCUT2D eigenvalue weighted by Gasteiger charge is -2.38. The molecule has 2 aromatic carbocycles. The Bertz CT molecular complexity index is 3540. The highest BCUT2D eigenvalue weighted by Gasteiger charge is 2.42. The quantitative estimate of drug-likeness (QED) is 0.0412. The van der Waals surface area contributed by atoms with Gasteiger partial charge in [0.15, 0.2) is 0 Å². The molecule has 0 saturated carbocycles. The minimum atomic E-state index is -4.05. The van der Waals surface area contributed by atoms with E-state index in [1.807, 2.05) is 33.8 Å². The van der Waals surface area contributed by atoms with Gasteiger partial charge in [-0.3, -0.25) is 62.3 Å². The van der Waals surface area contributed by atoms with Gasteiger partial charge in [-0.1, -0.05) is 117 Å². The zero-order valence-electron chi connectivity index (χ0n) is 69.5. The van der Waals surface area contributed by atoms with E-state index in [4.69, 9.17) is 34.5 Å². The van der Waals surface area contributed by atoms with Crippen LogP contribution in [0, 0.1) is 11.8 Å². The highest BCUT2D eigenvalue weighted by molar-refractivity contribution is 7.89.